The minimum atomic E-state index is -3.58. The molecule has 138 valence electrons. The van der Waals surface area contributed by atoms with E-state index in [1.54, 1.807) is 24.3 Å². The minimum absolute atomic E-state index is 0.00779. The lowest BCUT2D eigenvalue weighted by atomic mass is 10.1. The Balaban J connectivity index is 1.59. The number of rotatable bonds is 5. The van der Waals surface area contributed by atoms with Gasteiger partial charge in [0.2, 0.25) is 0 Å². The summed E-state index contributed by atoms with van der Waals surface area (Å²) >= 11 is 0. The number of hydrogen-bond acceptors (Lipinski definition) is 4. The minimum Gasteiger partial charge on any atom is -0.336 e. The zero-order valence-electron chi connectivity index (χ0n) is 14.6. The molecular weight excluding hydrogens is 340 g/mol. The van der Waals surface area contributed by atoms with E-state index in [0.717, 1.165) is 51.9 Å². The highest BCUT2D eigenvalue weighted by atomic mass is 32.2. The van der Waals surface area contributed by atoms with Gasteiger partial charge in [0.1, 0.15) is 0 Å². The van der Waals surface area contributed by atoms with E-state index in [0.29, 0.717) is 11.3 Å². The fourth-order valence-corrected chi connectivity index (χ4v) is 4.50. The number of carbonyl (C=O) groups is 1. The zero-order valence-corrected chi connectivity index (χ0v) is 15.4. The van der Waals surface area contributed by atoms with Gasteiger partial charge in [-0.2, -0.15) is 13.1 Å². The monoisotopic (exact) mass is 366 g/mol. The first-order valence-electron chi connectivity index (χ1n) is 8.81. The number of nitrogens with zero attached hydrogens (tertiary/aromatic N) is 2. The SMILES string of the molecule is CN1CCN(C(=O)c2ccc(NS(=O)(=O)NC3CCCC3)cc2)CC1. The van der Waals surface area contributed by atoms with Crippen LogP contribution in [0.15, 0.2) is 24.3 Å². The molecule has 0 spiro atoms. The maximum atomic E-state index is 12.5. The Morgan fingerprint density at radius 2 is 1.64 bits per heavy atom. The average Bonchev–Trinajstić information content (AvgIpc) is 3.07. The lowest BCUT2D eigenvalue weighted by molar-refractivity contribution is 0.0664. The first kappa shape index (κ1) is 18.2. The van der Waals surface area contributed by atoms with Gasteiger partial charge < -0.3 is 9.80 Å². The molecule has 2 N–H and O–H groups in total. The van der Waals surface area contributed by atoms with Crippen LogP contribution in [0.4, 0.5) is 5.69 Å². The predicted octanol–water partition coefficient (Wildman–Crippen LogP) is 1.26. The van der Waals surface area contributed by atoms with Crippen molar-refractivity contribution in [3.05, 3.63) is 29.8 Å². The van der Waals surface area contributed by atoms with Crippen LogP contribution >= 0.6 is 0 Å². The Morgan fingerprint density at radius 1 is 1.04 bits per heavy atom. The third-order valence-corrected chi connectivity index (χ3v) is 6.00. The smallest absolute Gasteiger partial charge is 0.299 e. The van der Waals surface area contributed by atoms with Crippen LogP contribution in [0.25, 0.3) is 0 Å². The quantitative estimate of drug-likeness (QED) is 0.822. The van der Waals surface area contributed by atoms with Gasteiger partial charge in [-0.1, -0.05) is 12.8 Å². The number of benzene rings is 1. The first-order valence-corrected chi connectivity index (χ1v) is 10.3. The van der Waals surface area contributed by atoms with E-state index in [1.807, 2.05) is 11.9 Å². The molecule has 0 atom stereocenters. The van der Waals surface area contributed by atoms with Gasteiger partial charge in [0.25, 0.3) is 16.1 Å². The second-order valence-corrected chi connectivity index (χ2v) is 8.32. The highest BCUT2D eigenvalue weighted by Crippen LogP contribution is 2.19. The molecule has 1 saturated carbocycles. The van der Waals surface area contributed by atoms with Crippen molar-refractivity contribution in [1.29, 1.82) is 0 Å². The van der Waals surface area contributed by atoms with Crippen LogP contribution in [0, 0.1) is 0 Å². The summed E-state index contributed by atoms with van der Waals surface area (Å²) < 4.78 is 29.5. The van der Waals surface area contributed by atoms with Crippen molar-refractivity contribution >= 4 is 21.8 Å². The van der Waals surface area contributed by atoms with E-state index < -0.39 is 10.2 Å². The molecule has 1 heterocycles. The number of carbonyl (C=O) groups excluding carboxylic acids is 1. The van der Waals surface area contributed by atoms with Crippen LogP contribution in [0.1, 0.15) is 36.0 Å². The van der Waals surface area contributed by atoms with Crippen molar-refractivity contribution in [2.45, 2.75) is 31.7 Å². The van der Waals surface area contributed by atoms with E-state index >= 15 is 0 Å². The molecule has 2 aliphatic rings. The molecular formula is C17H26N4O3S. The third kappa shape index (κ3) is 4.93. The van der Waals surface area contributed by atoms with Gasteiger partial charge >= 0.3 is 0 Å². The van der Waals surface area contributed by atoms with Gasteiger partial charge in [-0.25, -0.2) is 0 Å². The summed E-state index contributed by atoms with van der Waals surface area (Å²) in [5.74, 6) is -0.00779. The molecule has 2 fully saturated rings. The fourth-order valence-electron chi connectivity index (χ4n) is 3.32. The Kier molecular flexibility index (Phi) is 5.61. The number of amides is 1. The van der Waals surface area contributed by atoms with Gasteiger partial charge in [-0.05, 0) is 44.2 Å². The van der Waals surface area contributed by atoms with Gasteiger partial charge in [-0.15, -0.1) is 0 Å². The number of nitrogens with one attached hydrogen (secondary N) is 2. The number of piperazine rings is 1. The fraction of sp³-hybridized carbons (Fsp3) is 0.588. The molecule has 0 unspecified atom stereocenters. The van der Waals surface area contributed by atoms with E-state index in [1.165, 1.54) is 0 Å². The first-order chi connectivity index (χ1) is 11.9. The van der Waals surface area contributed by atoms with Crippen molar-refractivity contribution in [3.8, 4) is 0 Å². The molecule has 1 aromatic rings. The highest BCUT2D eigenvalue weighted by Gasteiger charge is 2.22. The standard InChI is InChI=1S/C17H26N4O3S/c1-20-10-12-21(13-11-20)17(22)14-6-8-16(9-7-14)19-25(23,24)18-15-4-2-3-5-15/h6-9,15,18-19H,2-5,10-13H2,1H3. The average molecular weight is 366 g/mol. The summed E-state index contributed by atoms with van der Waals surface area (Å²) in [6.45, 7) is 3.18. The van der Waals surface area contributed by atoms with Crippen LogP contribution in [0.5, 0.6) is 0 Å². The number of likely N-dealkylation sites (N-methyl/N-ethyl adjacent to an activating group) is 1. The molecule has 1 saturated heterocycles. The second kappa shape index (κ2) is 7.72. The number of hydrogen-bond donors (Lipinski definition) is 2. The van der Waals surface area contributed by atoms with Crippen molar-refractivity contribution < 1.29 is 13.2 Å². The Hall–Kier alpha value is -1.64. The van der Waals surface area contributed by atoms with E-state index in [-0.39, 0.29) is 11.9 Å². The maximum absolute atomic E-state index is 12.5. The summed E-state index contributed by atoms with van der Waals surface area (Å²) in [4.78, 5) is 16.5. The van der Waals surface area contributed by atoms with Crippen LogP contribution in [-0.2, 0) is 10.2 Å². The van der Waals surface area contributed by atoms with Crippen molar-refractivity contribution in [1.82, 2.24) is 14.5 Å². The maximum Gasteiger partial charge on any atom is 0.299 e. The molecule has 1 amide bonds. The summed E-state index contributed by atoms with van der Waals surface area (Å²) in [5.41, 5.74) is 1.04. The molecule has 0 radical (unpaired) electrons. The second-order valence-electron chi connectivity index (χ2n) is 6.88. The summed E-state index contributed by atoms with van der Waals surface area (Å²) in [7, 11) is -1.53. The van der Waals surface area contributed by atoms with Crippen molar-refractivity contribution in [2.24, 2.45) is 0 Å². The molecule has 1 aliphatic heterocycles. The zero-order chi connectivity index (χ0) is 17.9. The van der Waals surface area contributed by atoms with E-state index in [2.05, 4.69) is 14.3 Å². The molecule has 8 heteroatoms. The van der Waals surface area contributed by atoms with E-state index in [4.69, 9.17) is 0 Å². The molecule has 7 nitrogen and oxygen atoms in total. The van der Waals surface area contributed by atoms with E-state index in [9.17, 15) is 13.2 Å². The molecule has 1 aromatic carbocycles. The van der Waals surface area contributed by atoms with Crippen molar-refractivity contribution in [3.63, 3.8) is 0 Å². The summed E-state index contributed by atoms with van der Waals surface area (Å²) in [6.07, 6.45) is 3.91. The van der Waals surface area contributed by atoms with Crippen LogP contribution in [0.2, 0.25) is 0 Å². The van der Waals surface area contributed by atoms with Crippen LogP contribution in [0.3, 0.4) is 0 Å². The summed E-state index contributed by atoms with van der Waals surface area (Å²) in [6, 6.07) is 6.65. The van der Waals surface area contributed by atoms with Crippen LogP contribution < -0.4 is 9.44 Å². The van der Waals surface area contributed by atoms with Gasteiger partial charge in [-0.3, -0.25) is 9.52 Å². The Bertz CT molecular complexity index is 691. The topological polar surface area (TPSA) is 81.8 Å². The lowest BCUT2D eigenvalue weighted by Crippen LogP contribution is -2.47. The molecule has 25 heavy (non-hydrogen) atoms. The summed E-state index contributed by atoms with van der Waals surface area (Å²) in [5, 5.41) is 0. The molecule has 0 aromatic heterocycles. The lowest BCUT2D eigenvalue weighted by Gasteiger charge is -2.32. The molecule has 0 bridgehead atoms. The predicted molar refractivity (Wildman–Crippen MR) is 97.8 cm³/mol. The largest absolute Gasteiger partial charge is 0.336 e. The normalized spacial score (nSPS) is 20.0. The molecule has 3 rings (SSSR count). The third-order valence-electron chi connectivity index (χ3n) is 4.85. The van der Waals surface area contributed by atoms with Gasteiger partial charge in [0, 0.05) is 43.5 Å². The van der Waals surface area contributed by atoms with Gasteiger partial charge in [0.05, 0.1) is 0 Å². The highest BCUT2D eigenvalue weighted by molar-refractivity contribution is 7.90. The van der Waals surface area contributed by atoms with Crippen molar-refractivity contribution in [2.75, 3.05) is 37.9 Å². The van der Waals surface area contributed by atoms with Crippen LogP contribution in [-0.4, -0.2) is 63.4 Å². The number of anilines is 1. The Labute approximate surface area is 149 Å². The molecule has 1 aliphatic carbocycles. The van der Waals surface area contributed by atoms with Gasteiger partial charge in [0.15, 0.2) is 0 Å². The Morgan fingerprint density at radius 3 is 2.24 bits per heavy atom.